The highest BCUT2D eigenvalue weighted by molar-refractivity contribution is 5.78. The van der Waals surface area contributed by atoms with Crippen LogP contribution in [-0.2, 0) is 4.79 Å². The molecule has 0 bridgehead atoms. The molecule has 1 aromatic rings. The summed E-state index contributed by atoms with van der Waals surface area (Å²) < 4.78 is 26.7. The third-order valence-electron chi connectivity index (χ3n) is 4.97. The molecule has 0 aromatic carbocycles. The lowest BCUT2D eigenvalue weighted by Gasteiger charge is -2.36. The Morgan fingerprint density at radius 3 is 2.19 bits per heavy atom. The third-order valence-corrected chi connectivity index (χ3v) is 4.97. The minimum atomic E-state index is -2.56. The highest BCUT2D eigenvalue weighted by Gasteiger charge is 2.34. The Balaban J connectivity index is 1.53. The average molecular weight is 382 g/mol. The first-order valence-electron chi connectivity index (χ1n) is 9.54. The molecule has 0 unspecified atom stereocenters. The predicted octanol–water partition coefficient (Wildman–Crippen LogP) is 1.36. The molecular formula is C18H28F2N6O. The highest BCUT2D eigenvalue weighted by atomic mass is 19.3. The molecule has 3 rings (SSSR count). The van der Waals surface area contributed by atoms with Crippen molar-refractivity contribution in [3.05, 3.63) is 12.4 Å². The maximum Gasteiger partial charge on any atom is 0.251 e. The van der Waals surface area contributed by atoms with Gasteiger partial charge in [0, 0.05) is 64.2 Å². The average Bonchev–Trinajstić information content (AvgIpc) is 2.62. The number of piperazine rings is 1. The van der Waals surface area contributed by atoms with Gasteiger partial charge in [-0.05, 0) is 13.8 Å². The van der Waals surface area contributed by atoms with E-state index in [1.165, 1.54) is 6.33 Å². The second-order valence-corrected chi connectivity index (χ2v) is 7.56. The van der Waals surface area contributed by atoms with Gasteiger partial charge in [-0.1, -0.05) is 0 Å². The number of amides is 1. The van der Waals surface area contributed by atoms with Crippen molar-refractivity contribution in [1.29, 1.82) is 0 Å². The van der Waals surface area contributed by atoms with Crippen LogP contribution in [0.1, 0.15) is 26.7 Å². The van der Waals surface area contributed by atoms with Crippen LogP contribution in [-0.4, -0.2) is 78.6 Å². The number of rotatable bonds is 5. The maximum absolute atomic E-state index is 13.4. The lowest BCUT2D eigenvalue weighted by Crippen LogP contribution is -2.50. The second-order valence-electron chi connectivity index (χ2n) is 7.56. The van der Waals surface area contributed by atoms with E-state index in [2.05, 4.69) is 25.1 Å². The smallest absolute Gasteiger partial charge is 0.251 e. The number of hydrogen-bond donors (Lipinski definition) is 1. The van der Waals surface area contributed by atoms with Crippen molar-refractivity contribution < 1.29 is 13.6 Å². The first-order chi connectivity index (χ1) is 12.8. The number of carbonyl (C=O) groups is 1. The molecule has 9 heteroatoms. The molecule has 1 amide bonds. The number of carbonyl (C=O) groups excluding carboxylic acids is 1. The largest absolute Gasteiger partial charge is 0.356 e. The predicted molar refractivity (Wildman–Crippen MR) is 100 cm³/mol. The fraction of sp³-hybridized carbons (Fsp3) is 0.722. The molecule has 7 nitrogen and oxygen atoms in total. The highest BCUT2D eigenvalue weighted by Crippen LogP contribution is 2.30. The molecular weight excluding hydrogens is 354 g/mol. The lowest BCUT2D eigenvalue weighted by molar-refractivity contribution is -0.122. The van der Waals surface area contributed by atoms with E-state index in [1.54, 1.807) is 0 Å². The lowest BCUT2D eigenvalue weighted by atomic mass is 10.1. The monoisotopic (exact) mass is 382 g/mol. The SMILES string of the molecule is CC(C)NC(=O)CN1CCN(c2cc(N3CCC(F)(F)CC3)ncn2)CC1. The number of aromatic nitrogens is 2. The third kappa shape index (κ3) is 5.47. The summed E-state index contributed by atoms with van der Waals surface area (Å²) in [7, 11) is 0. The van der Waals surface area contributed by atoms with E-state index in [1.807, 2.05) is 24.8 Å². The van der Waals surface area contributed by atoms with Gasteiger partial charge in [-0.15, -0.1) is 0 Å². The molecule has 2 saturated heterocycles. The summed E-state index contributed by atoms with van der Waals surface area (Å²) in [5.74, 6) is -1.01. The fourth-order valence-corrected chi connectivity index (χ4v) is 3.45. The molecule has 0 atom stereocenters. The molecule has 0 aliphatic carbocycles. The van der Waals surface area contributed by atoms with Crippen molar-refractivity contribution in [2.45, 2.75) is 38.7 Å². The maximum atomic E-state index is 13.4. The Morgan fingerprint density at radius 2 is 1.63 bits per heavy atom. The Kier molecular flexibility index (Phi) is 6.08. The van der Waals surface area contributed by atoms with Gasteiger partial charge in [-0.25, -0.2) is 18.7 Å². The van der Waals surface area contributed by atoms with Gasteiger partial charge >= 0.3 is 0 Å². The van der Waals surface area contributed by atoms with Crippen molar-refractivity contribution in [1.82, 2.24) is 20.2 Å². The van der Waals surface area contributed by atoms with Crippen LogP contribution in [0.2, 0.25) is 0 Å². The van der Waals surface area contributed by atoms with Crippen molar-refractivity contribution in [2.75, 3.05) is 55.6 Å². The van der Waals surface area contributed by atoms with Crippen LogP contribution in [0.15, 0.2) is 12.4 Å². The molecule has 0 spiro atoms. The van der Waals surface area contributed by atoms with E-state index < -0.39 is 5.92 Å². The summed E-state index contributed by atoms with van der Waals surface area (Å²) in [5, 5.41) is 2.91. The van der Waals surface area contributed by atoms with E-state index in [9.17, 15) is 13.6 Å². The van der Waals surface area contributed by atoms with Crippen LogP contribution >= 0.6 is 0 Å². The number of anilines is 2. The van der Waals surface area contributed by atoms with Crippen LogP contribution in [0.25, 0.3) is 0 Å². The zero-order valence-corrected chi connectivity index (χ0v) is 16.0. The van der Waals surface area contributed by atoms with Crippen molar-refractivity contribution in [2.24, 2.45) is 0 Å². The van der Waals surface area contributed by atoms with Crippen LogP contribution in [0.4, 0.5) is 20.4 Å². The molecule has 0 saturated carbocycles. The van der Waals surface area contributed by atoms with Gasteiger partial charge in [-0.3, -0.25) is 9.69 Å². The fourth-order valence-electron chi connectivity index (χ4n) is 3.45. The van der Waals surface area contributed by atoms with Crippen molar-refractivity contribution >= 4 is 17.5 Å². The molecule has 3 heterocycles. The summed E-state index contributed by atoms with van der Waals surface area (Å²) in [4.78, 5) is 26.7. The first kappa shape index (κ1) is 19.7. The molecule has 1 N–H and O–H groups in total. The molecule has 1 aromatic heterocycles. The quantitative estimate of drug-likeness (QED) is 0.830. The van der Waals surface area contributed by atoms with E-state index in [-0.39, 0.29) is 24.8 Å². The van der Waals surface area contributed by atoms with Crippen molar-refractivity contribution in [3.8, 4) is 0 Å². The Labute approximate surface area is 158 Å². The minimum absolute atomic E-state index is 0.0460. The number of nitrogens with zero attached hydrogens (tertiary/aromatic N) is 5. The van der Waals surface area contributed by atoms with Gasteiger partial charge in [0.25, 0.3) is 5.92 Å². The molecule has 2 fully saturated rings. The number of hydrogen-bond acceptors (Lipinski definition) is 6. The number of piperidine rings is 1. The second kappa shape index (κ2) is 8.33. The van der Waals surface area contributed by atoms with Gasteiger partial charge in [0.1, 0.15) is 18.0 Å². The zero-order chi connectivity index (χ0) is 19.4. The van der Waals surface area contributed by atoms with E-state index >= 15 is 0 Å². The van der Waals surface area contributed by atoms with Crippen LogP contribution < -0.4 is 15.1 Å². The summed E-state index contributed by atoms with van der Waals surface area (Å²) in [6.07, 6.45) is 1.23. The molecule has 2 aliphatic heterocycles. The summed E-state index contributed by atoms with van der Waals surface area (Å²) in [5.41, 5.74) is 0. The number of halogens is 2. The molecule has 27 heavy (non-hydrogen) atoms. The Bertz CT molecular complexity index is 638. The molecule has 0 radical (unpaired) electrons. The number of nitrogens with one attached hydrogen (secondary N) is 1. The summed E-state index contributed by atoms with van der Waals surface area (Å²) in [6, 6.07) is 2.03. The molecule has 150 valence electrons. The molecule has 2 aliphatic rings. The van der Waals surface area contributed by atoms with Gasteiger partial charge in [0.15, 0.2) is 0 Å². The number of alkyl halides is 2. The summed E-state index contributed by atoms with van der Waals surface area (Å²) >= 11 is 0. The summed E-state index contributed by atoms with van der Waals surface area (Å²) in [6.45, 7) is 8.01. The van der Waals surface area contributed by atoms with E-state index in [0.29, 0.717) is 25.5 Å². The Hall–Kier alpha value is -2.03. The Morgan fingerprint density at radius 1 is 1.07 bits per heavy atom. The van der Waals surface area contributed by atoms with Gasteiger partial charge in [-0.2, -0.15) is 0 Å². The normalized spacial score (nSPS) is 20.8. The minimum Gasteiger partial charge on any atom is -0.356 e. The van der Waals surface area contributed by atoms with Crippen LogP contribution in [0.3, 0.4) is 0 Å². The standard InChI is InChI=1S/C18H28F2N6O/c1-14(2)23-17(27)12-24-7-9-26(10-8-24)16-11-15(21-13-22-16)25-5-3-18(19,20)4-6-25/h11,13-14H,3-10,12H2,1-2H3,(H,23,27). The van der Waals surface area contributed by atoms with Gasteiger partial charge in [0.2, 0.25) is 5.91 Å². The zero-order valence-electron chi connectivity index (χ0n) is 16.0. The van der Waals surface area contributed by atoms with Gasteiger partial charge < -0.3 is 15.1 Å². The van der Waals surface area contributed by atoms with E-state index in [0.717, 1.165) is 32.0 Å². The van der Waals surface area contributed by atoms with Crippen molar-refractivity contribution in [3.63, 3.8) is 0 Å². The van der Waals surface area contributed by atoms with Gasteiger partial charge in [0.05, 0.1) is 6.54 Å². The topological polar surface area (TPSA) is 64.6 Å². The van der Waals surface area contributed by atoms with Crippen LogP contribution in [0.5, 0.6) is 0 Å². The van der Waals surface area contributed by atoms with E-state index in [4.69, 9.17) is 0 Å². The first-order valence-corrected chi connectivity index (χ1v) is 9.54. The van der Waals surface area contributed by atoms with Crippen LogP contribution in [0, 0.1) is 0 Å².